The van der Waals surface area contributed by atoms with Crippen molar-refractivity contribution in [3.63, 3.8) is 0 Å². The molecule has 1 heterocycles. The van der Waals surface area contributed by atoms with E-state index in [1.807, 2.05) is 30.3 Å². The van der Waals surface area contributed by atoms with Gasteiger partial charge in [-0.1, -0.05) is 29.8 Å². The van der Waals surface area contributed by atoms with Crippen LogP contribution in [0.5, 0.6) is 5.75 Å². The van der Waals surface area contributed by atoms with Crippen molar-refractivity contribution in [2.45, 2.75) is 36.6 Å². The molecule has 0 saturated heterocycles. The van der Waals surface area contributed by atoms with Gasteiger partial charge in [-0.25, -0.2) is 8.78 Å². The van der Waals surface area contributed by atoms with Gasteiger partial charge >= 0.3 is 0 Å². The number of fused-ring (bicyclic) bond motifs is 1. The average molecular weight is 429 g/mol. The van der Waals surface area contributed by atoms with Gasteiger partial charge in [0.05, 0.1) is 0 Å². The van der Waals surface area contributed by atoms with Crippen LogP contribution in [-0.4, -0.2) is 25.6 Å². The molecule has 1 unspecified atom stereocenters. The second-order valence-electron chi connectivity index (χ2n) is 7.51. The first kappa shape index (κ1) is 21.3. The fourth-order valence-corrected chi connectivity index (χ4v) is 4.64. The van der Waals surface area contributed by atoms with Gasteiger partial charge in [0.1, 0.15) is 12.4 Å². The average Bonchev–Trinajstić information content (AvgIpc) is 2.64. The molecule has 7 heteroatoms. The third-order valence-electron chi connectivity index (χ3n) is 5.68. The molecule has 1 aliphatic carbocycles. The maximum atomic E-state index is 14.1. The fraction of sp³-hybridized carbons (Fsp3) is 0.429. The highest BCUT2D eigenvalue weighted by Gasteiger charge is 2.61. The van der Waals surface area contributed by atoms with Crippen LogP contribution in [0.3, 0.4) is 0 Å². The SMILES string of the molecule is Cl.NCCOc1ccc2c(c1)C(C1(c3ccc(Cl)cc3)CC(F)(F)C1)NCC2. The molecule has 2 aromatic rings. The Kier molecular flexibility index (Phi) is 6.20. The van der Waals surface area contributed by atoms with Gasteiger partial charge in [-0.3, -0.25) is 0 Å². The molecule has 1 saturated carbocycles. The Morgan fingerprint density at radius 3 is 2.50 bits per heavy atom. The van der Waals surface area contributed by atoms with Crippen molar-refractivity contribution in [2.75, 3.05) is 19.7 Å². The van der Waals surface area contributed by atoms with Gasteiger partial charge in [-0.15, -0.1) is 12.4 Å². The molecule has 3 N–H and O–H groups in total. The molecule has 0 spiro atoms. The van der Waals surface area contributed by atoms with Crippen LogP contribution in [0.25, 0.3) is 0 Å². The molecule has 0 aromatic heterocycles. The molecule has 28 heavy (non-hydrogen) atoms. The lowest BCUT2D eigenvalue weighted by atomic mass is 9.56. The molecule has 2 aromatic carbocycles. The standard InChI is InChI=1S/C21H23ClF2N2O.ClH/c22-16-4-2-15(3-5-16)20(12-21(23,24)13-20)19-18-11-17(27-10-8-25)6-1-14(18)7-9-26-19;/h1-6,11,19,26H,7-10,12-13,25H2;1H. The van der Waals surface area contributed by atoms with Gasteiger partial charge < -0.3 is 15.8 Å². The van der Waals surface area contributed by atoms with E-state index in [-0.39, 0.29) is 31.3 Å². The third kappa shape index (κ3) is 3.86. The van der Waals surface area contributed by atoms with Gasteiger partial charge in [0, 0.05) is 35.9 Å². The zero-order valence-corrected chi connectivity index (χ0v) is 17.0. The Morgan fingerprint density at radius 1 is 1.14 bits per heavy atom. The normalized spacial score (nSPS) is 21.8. The van der Waals surface area contributed by atoms with E-state index in [2.05, 4.69) is 5.32 Å². The molecule has 1 fully saturated rings. The van der Waals surface area contributed by atoms with Crippen molar-refractivity contribution in [1.82, 2.24) is 5.32 Å². The van der Waals surface area contributed by atoms with Crippen molar-refractivity contribution in [3.05, 3.63) is 64.2 Å². The molecule has 1 aliphatic heterocycles. The smallest absolute Gasteiger partial charge is 0.250 e. The molecule has 0 bridgehead atoms. The number of hydrogen-bond acceptors (Lipinski definition) is 3. The number of halogens is 4. The number of hydrogen-bond donors (Lipinski definition) is 2. The highest BCUT2D eigenvalue weighted by molar-refractivity contribution is 6.30. The minimum atomic E-state index is -2.65. The van der Waals surface area contributed by atoms with Gasteiger partial charge in [-0.05, 0) is 53.9 Å². The first-order chi connectivity index (χ1) is 12.9. The Labute approximate surface area is 175 Å². The quantitative estimate of drug-likeness (QED) is 0.728. The minimum absolute atomic E-state index is 0. The maximum absolute atomic E-state index is 14.1. The van der Waals surface area contributed by atoms with E-state index in [0.29, 0.717) is 18.2 Å². The van der Waals surface area contributed by atoms with E-state index in [1.54, 1.807) is 12.1 Å². The van der Waals surface area contributed by atoms with Crippen molar-refractivity contribution < 1.29 is 13.5 Å². The van der Waals surface area contributed by atoms with Crippen LogP contribution in [0, 0.1) is 0 Å². The van der Waals surface area contributed by atoms with Crippen LogP contribution in [0.4, 0.5) is 8.78 Å². The zero-order valence-electron chi connectivity index (χ0n) is 15.4. The Balaban J connectivity index is 0.00000225. The summed E-state index contributed by atoms with van der Waals surface area (Å²) in [7, 11) is 0. The van der Waals surface area contributed by atoms with Gasteiger partial charge in [0.25, 0.3) is 0 Å². The predicted molar refractivity (Wildman–Crippen MR) is 110 cm³/mol. The van der Waals surface area contributed by atoms with Crippen LogP contribution in [-0.2, 0) is 11.8 Å². The highest BCUT2D eigenvalue weighted by Crippen LogP contribution is 2.60. The number of rotatable bonds is 5. The van der Waals surface area contributed by atoms with Gasteiger partial charge in [-0.2, -0.15) is 0 Å². The monoisotopic (exact) mass is 428 g/mol. The topological polar surface area (TPSA) is 47.3 Å². The largest absolute Gasteiger partial charge is 0.492 e. The summed E-state index contributed by atoms with van der Waals surface area (Å²) in [4.78, 5) is 0. The van der Waals surface area contributed by atoms with Crippen LogP contribution in [0.15, 0.2) is 42.5 Å². The van der Waals surface area contributed by atoms with Gasteiger partial charge in [0.15, 0.2) is 0 Å². The summed E-state index contributed by atoms with van der Waals surface area (Å²) in [6, 6.07) is 13.1. The molecule has 152 valence electrons. The molecule has 0 amide bonds. The summed E-state index contributed by atoms with van der Waals surface area (Å²) < 4.78 is 33.8. The van der Waals surface area contributed by atoms with E-state index in [9.17, 15) is 8.78 Å². The Hall–Kier alpha value is -1.40. The lowest BCUT2D eigenvalue weighted by Gasteiger charge is -2.54. The first-order valence-electron chi connectivity index (χ1n) is 9.26. The van der Waals surface area contributed by atoms with Crippen LogP contribution in [0.2, 0.25) is 5.02 Å². The Morgan fingerprint density at radius 2 is 1.86 bits per heavy atom. The molecule has 0 radical (unpaired) electrons. The van der Waals surface area contributed by atoms with E-state index in [4.69, 9.17) is 22.1 Å². The second-order valence-corrected chi connectivity index (χ2v) is 7.94. The van der Waals surface area contributed by atoms with Crippen molar-refractivity contribution in [1.29, 1.82) is 0 Å². The summed E-state index contributed by atoms with van der Waals surface area (Å²) >= 11 is 6.02. The van der Waals surface area contributed by atoms with Crippen molar-refractivity contribution >= 4 is 24.0 Å². The fourth-order valence-electron chi connectivity index (χ4n) is 4.52. The molecule has 1 atom stereocenters. The summed E-state index contributed by atoms with van der Waals surface area (Å²) in [6.45, 7) is 1.62. The van der Waals surface area contributed by atoms with Crippen molar-refractivity contribution in [3.8, 4) is 5.75 Å². The first-order valence-corrected chi connectivity index (χ1v) is 9.64. The number of benzene rings is 2. The van der Waals surface area contributed by atoms with Crippen LogP contribution < -0.4 is 15.8 Å². The summed E-state index contributed by atoms with van der Waals surface area (Å²) in [5, 5.41) is 4.11. The highest BCUT2D eigenvalue weighted by atomic mass is 35.5. The Bertz CT molecular complexity index is 822. The number of alkyl halides is 2. The summed E-state index contributed by atoms with van der Waals surface area (Å²) in [5.41, 5.74) is 8.00. The lowest BCUT2D eigenvalue weighted by Crippen LogP contribution is -2.57. The van der Waals surface area contributed by atoms with E-state index in [1.165, 1.54) is 5.56 Å². The molecular weight excluding hydrogens is 405 g/mol. The molecule has 2 aliphatic rings. The number of ether oxygens (including phenoxy) is 1. The minimum Gasteiger partial charge on any atom is -0.492 e. The van der Waals surface area contributed by atoms with E-state index >= 15 is 0 Å². The van der Waals surface area contributed by atoms with Crippen LogP contribution >= 0.6 is 24.0 Å². The summed E-state index contributed by atoms with van der Waals surface area (Å²) in [6.07, 6.45) is 0.523. The second kappa shape index (κ2) is 8.15. The molecular formula is C21H24Cl2F2N2O. The summed E-state index contributed by atoms with van der Waals surface area (Å²) in [5.74, 6) is -1.92. The van der Waals surface area contributed by atoms with Crippen LogP contribution in [0.1, 0.15) is 35.6 Å². The maximum Gasteiger partial charge on any atom is 0.250 e. The van der Waals surface area contributed by atoms with E-state index < -0.39 is 11.3 Å². The van der Waals surface area contributed by atoms with Gasteiger partial charge in [0.2, 0.25) is 5.92 Å². The van der Waals surface area contributed by atoms with Crippen molar-refractivity contribution in [2.24, 2.45) is 5.73 Å². The third-order valence-corrected chi connectivity index (χ3v) is 5.93. The van der Waals surface area contributed by atoms with E-state index in [0.717, 1.165) is 29.8 Å². The number of nitrogens with one attached hydrogen (secondary N) is 1. The zero-order chi connectivity index (χ0) is 19.1. The predicted octanol–water partition coefficient (Wildman–Crippen LogP) is 4.65. The molecule has 3 nitrogen and oxygen atoms in total. The molecule has 4 rings (SSSR count). The lowest BCUT2D eigenvalue weighted by molar-refractivity contribution is -0.138. The number of nitrogens with two attached hydrogens (primary N) is 1.